The first-order chi connectivity index (χ1) is 9.63. The second kappa shape index (κ2) is 7.96. The van der Waals surface area contributed by atoms with Gasteiger partial charge < -0.3 is 14.9 Å². The second-order valence-electron chi connectivity index (χ2n) is 6.39. The molecule has 0 bridgehead atoms. The maximum atomic E-state index is 10.7. The van der Waals surface area contributed by atoms with Gasteiger partial charge in [0.2, 0.25) is 0 Å². The number of carboxylic acid groups (broad SMARTS) is 1. The third-order valence-corrected chi connectivity index (χ3v) is 4.70. The van der Waals surface area contributed by atoms with Gasteiger partial charge in [-0.3, -0.25) is 9.69 Å². The minimum atomic E-state index is -0.653. The average molecular weight is 283 g/mol. The summed E-state index contributed by atoms with van der Waals surface area (Å²) in [4.78, 5) is 18.1. The van der Waals surface area contributed by atoms with Gasteiger partial charge in [-0.2, -0.15) is 0 Å². The largest absolute Gasteiger partial charge is 0.481 e. The van der Waals surface area contributed by atoms with E-state index in [-0.39, 0.29) is 0 Å². The molecule has 0 aliphatic carbocycles. The molecule has 2 aliphatic heterocycles. The maximum Gasteiger partial charge on any atom is 0.303 e. The van der Waals surface area contributed by atoms with Crippen LogP contribution in [-0.2, 0) is 4.79 Å². The zero-order valence-electron chi connectivity index (χ0n) is 12.8. The summed E-state index contributed by atoms with van der Waals surface area (Å²) in [6, 6.07) is 0. The molecule has 0 aromatic carbocycles. The van der Waals surface area contributed by atoms with Crippen LogP contribution in [0.3, 0.4) is 0 Å². The molecule has 0 aromatic rings. The SMILES string of the molecule is CN1CCN(CCN2CCCC(CCC(=O)O)C2)CC1. The number of hydrogen-bond acceptors (Lipinski definition) is 4. The van der Waals surface area contributed by atoms with Crippen molar-refractivity contribution in [3.05, 3.63) is 0 Å². The molecule has 20 heavy (non-hydrogen) atoms. The number of piperazine rings is 1. The topological polar surface area (TPSA) is 47.0 Å². The number of carbonyl (C=O) groups is 1. The molecule has 2 heterocycles. The van der Waals surface area contributed by atoms with E-state index in [1.165, 1.54) is 52.1 Å². The Labute approximate surface area is 122 Å². The van der Waals surface area contributed by atoms with Crippen LogP contribution < -0.4 is 0 Å². The van der Waals surface area contributed by atoms with E-state index >= 15 is 0 Å². The third-order valence-electron chi connectivity index (χ3n) is 4.70. The maximum absolute atomic E-state index is 10.7. The van der Waals surface area contributed by atoms with Crippen LogP contribution in [-0.4, -0.2) is 85.2 Å². The van der Waals surface area contributed by atoms with Crippen molar-refractivity contribution in [3.63, 3.8) is 0 Å². The van der Waals surface area contributed by atoms with Gasteiger partial charge in [-0.05, 0) is 38.8 Å². The summed E-state index contributed by atoms with van der Waals surface area (Å²) in [7, 11) is 2.19. The zero-order chi connectivity index (χ0) is 14.4. The number of nitrogens with zero attached hydrogens (tertiary/aromatic N) is 3. The fraction of sp³-hybridized carbons (Fsp3) is 0.933. The molecule has 0 saturated carbocycles. The Balaban J connectivity index is 1.63. The van der Waals surface area contributed by atoms with E-state index < -0.39 is 5.97 Å². The Hall–Kier alpha value is -0.650. The fourth-order valence-electron chi connectivity index (χ4n) is 3.27. The Morgan fingerprint density at radius 2 is 1.80 bits per heavy atom. The highest BCUT2D eigenvalue weighted by Gasteiger charge is 2.21. The van der Waals surface area contributed by atoms with E-state index in [0.717, 1.165) is 19.5 Å². The molecule has 0 spiro atoms. The molecule has 1 unspecified atom stereocenters. The van der Waals surface area contributed by atoms with Crippen LogP contribution in [0.4, 0.5) is 0 Å². The standard InChI is InChI=1S/C15H29N3O2/c1-16-7-9-17(10-8-16)11-12-18-6-2-3-14(13-18)4-5-15(19)20/h14H,2-13H2,1H3,(H,19,20). The minimum Gasteiger partial charge on any atom is -0.481 e. The summed E-state index contributed by atoms with van der Waals surface area (Å²) in [5.74, 6) is -0.0631. The Kier molecular flexibility index (Phi) is 6.26. The summed E-state index contributed by atoms with van der Waals surface area (Å²) >= 11 is 0. The highest BCUT2D eigenvalue weighted by molar-refractivity contribution is 5.66. The molecule has 5 nitrogen and oxygen atoms in total. The molecule has 2 fully saturated rings. The van der Waals surface area contributed by atoms with E-state index in [2.05, 4.69) is 21.7 Å². The monoisotopic (exact) mass is 283 g/mol. The lowest BCUT2D eigenvalue weighted by atomic mass is 9.93. The lowest BCUT2D eigenvalue weighted by Gasteiger charge is -2.36. The first-order valence-electron chi connectivity index (χ1n) is 7.98. The summed E-state index contributed by atoms with van der Waals surface area (Å²) in [5, 5.41) is 8.78. The minimum absolute atomic E-state index is 0.330. The number of piperidine rings is 1. The number of rotatable bonds is 6. The highest BCUT2D eigenvalue weighted by atomic mass is 16.4. The van der Waals surface area contributed by atoms with Gasteiger partial charge in [-0.15, -0.1) is 0 Å². The van der Waals surface area contributed by atoms with Crippen LogP contribution in [0, 0.1) is 5.92 Å². The van der Waals surface area contributed by atoms with E-state index in [0.29, 0.717) is 12.3 Å². The predicted molar refractivity (Wildman–Crippen MR) is 80.0 cm³/mol. The molecule has 116 valence electrons. The molecule has 2 aliphatic rings. The summed E-state index contributed by atoms with van der Waals surface area (Å²) in [6.07, 6.45) is 3.61. The fourth-order valence-corrected chi connectivity index (χ4v) is 3.27. The van der Waals surface area contributed by atoms with Crippen LogP contribution in [0.5, 0.6) is 0 Å². The van der Waals surface area contributed by atoms with Crippen molar-refractivity contribution in [2.45, 2.75) is 25.7 Å². The molecular weight excluding hydrogens is 254 g/mol. The van der Waals surface area contributed by atoms with Crippen LogP contribution in [0.1, 0.15) is 25.7 Å². The molecule has 2 saturated heterocycles. The number of likely N-dealkylation sites (N-methyl/N-ethyl adjacent to an activating group) is 1. The number of hydrogen-bond donors (Lipinski definition) is 1. The van der Waals surface area contributed by atoms with E-state index in [1.807, 2.05) is 0 Å². The quantitative estimate of drug-likeness (QED) is 0.782. The summed E-state index contributed by atoms with van der Waals surface area (Å²) in [6.45, 7) is 9.34. The van der Waals surface area contributed by atoms with E-state index in [4.69, 9.17) is 5.11 Å². The van der Waals surface area contributed by atoms with Crippen LogP contribution in [0.2, 0.25) is 0 Å². The normalized spacial score (nSPS) is 26.8. The molecule has 2 rings (SSSR count). The summed E-state index contributed by atoms with van der Waals surface area (Å²) in [5.41, 5.74) is 0. The molecular formula is C15H29N3O2. The lowest BCUT2D eigenvalue weighted by Crippen LogP contribution is -2.48. The summed E-state index contributed by atoms with van der Waals surface area (Å²) < 4.78 is 0. The molecule has 1 atom stereocenters. The van der Waals surface area contributed by atoms with Gasteiger partial charge in [0.15, 0.2) is 0 Å². The van der Waals surface area contributed by atoms with Crippen molar-refractivity contribution >= 4 is 5.97 Å². The van der Waals surface area contributed by atoms with Gasteiger partial charge in [-0.25, -0.2) is 0 Å². The van der Waals surface area contributed by atoms with Gasteiger partial charge >= 0.3 is 5.97 Å². The Bertz CT molecular complexity index is 303. The van der Waals surface area contributed by atoms with Crippen molar-refractivity contribution in [1.82, 2.24) is 14.7 Å². The van der Waals surface area contributed by atoms with Crippen LogP contribution in [0.15, 0.2) is 0 Å². The molecule has 5 heteroatoms. The Morgan fingerprint density at radius 3 is 2.50 bits per heavy atom. The smallest absolute Gasteiger partial charge is 0.303 e. The van der Waals surface area contributed by atoms with Crippen LogP contribution in [0.25, 0.3) is 0 Å². The number of likely N-dealkylation sites (tertiary alicyclic amines) is 1. The number of aliphatic carboxylic acids is 1. The van der Waals surface area contributed by atoms with E-state index in [9.17, 15) is 4.79 Å². The van der Waals surface area contributed by atoms with Crippen molar-refractivity contribution < 1.29 is 9.90 Å². The van der Waals surface area contributed by atoms with Gasteiger partial charge in [0, 0.05) is 52.2 Å². The zero-order valence-corrected chi connectivity index (χ0v) is 12.8. The van der Waals surface area contributed by atoms with Crippen molar-refractivity contribution in [2.75, 3.05) is 59.4 Å². The average Bonchev–Trinajstić information content (AvgIpc) is 2.45. The van der Waals surface area contributed by atoms with Crippen molar-refractivity contribution in [2.24, 2.45) is 5.92 Å². The van der Waals surface area contributed by atoms with Gasteiger partial charge in [0.25, 0.3) is 0 Å². The van der Waals surface area contributed by atoms with Gasteiger partial charge in [0.1, 0.15) is 0 Å². The third kappa shape index (κ3) is 5.38. The first kappa shape index (κ1) is 15.7. The highest BCUT2D eigenvalue weighted by Crippen LogP contribution is 2.20. The number of carboxylic acids is 1. The molecule has 0 aromatic heterocycles. The van der Waals surface area contributed by atoms with Gasteiger partial charge in [-0.1, -0.05) is 0 Å². The second-order valence-corrected chi connectivity index (χ2v) is 6.39. The molecule has 0 radical (unpaired) electrons. The first-order valence-corrected chi connectivity index (χ1v) is 7.98. The van der Waals surface area contributed by atoms with Crippen LogP contribution >= 0.6 is 0 Å². The molecule has 0 amide bonds. The van der Waals surface area contributed by atoms with Gasteiger partial charge in [0.05, 0.1) is 0 Å². The van der Waals surface area contributed by atoms with Crippen molar-refractivity contribution in [1.29, 1.82) is 0 Å². The lowest BCUT2D eigenvalue weighted by molar-refractivity contribution is -0.137. The van der Waals surface area contributed by atoms with E-state index in [1.54, 1.807) is 0 Å². The van der Waals surface area contributed by atoms with Crippen molar-refractivity contribution in [3.8, 4) is 0 Å². The predicted octanol–water partition coefficient (Wildman–Crippen LogP) is 0.811. The molecule has 1 N–H and O–H groups in total. The Morgan fingerprint density at radius 1 is 1.10 bits per heavy atom.